The van der Waals surface area contributed by atoms with Gasteiger partial charge in [0.25, 0.3) is 0 Å². The molecule has 1 aliphatic rings. The fraction of sp³-hybridized carbons (Fsp3) is 0.200. The Morgan fingerprint density at radius 1 is 0.909 bits per heavy atom. The SMILES string of the molecule is CC1=C(C)C(C)(P(c2ccccc2)c2ccccc2O)C=C1. The second-order valence-electron chi connectivity index (χ2n) is 5.95. The lowest BCUT2D eigenvalue weighted by molar-refractivity contribution is 0.479. The second kappa shape index (κ2) is 5.74. The van der Waals surface area contributed by atoms with Gasteiger partial charge in [-0.25, -0.2) is 0 Å². The standard InChI is InChI=1S/C20H21OP/c1-15-13-14-20(3,16(15)2)22(17-9-5-4-6-10-17)19-12-8-7-11-18(19)21/h4-14,21H,1-3H3. The number of para-hydroxylation sites is 1. The summed E-state index contributed by atoms with van der Waals surface area (Å²) < 4.78 is 0. The predicted octanol–water partition coefficient (Wildman–Crippen LogP) is 4.49. The van der Waals surface area contributed by atoms with Gasteiger partial charge in [0.05, 0.1) is 0 Å². The molecule has 2 heteroatoms. The molecular formula is C20H21OP. The van der Waals surface area contributed by atoms with Crippen molar-refractivity contribution in [2.45, 2.75) is 25.9 Å². The maximum absolute atomic E-state index is 10.4. The molecule has 0 saturated heterocycles. The number of phenolic OH excluding ortho intramolecular Hbond substituents is 1. The van der Waals surface area contributed by atoms with Crippen molar-refractivity contribution < 1.29 is 5.11 Å². The molecule has 0 fully saturated rings. The summed E-state index contributed by atoms with van der Waals surface area (Å²) in [5.74, 6) is 0.393. The zero-order chi connectivity index (χ0) is 15.7. The quantitative estimate of drug-likeness (QED) is 0.828. The van der Waals surface area contributed by atoms with E-state index in [0.29, 0.717) is 5.75 Å². The van der Waals surface area contributed by atoms with Gasteiger partial charge in [0.2, 0.25) is 0 Å². The summed E-state index contributed by atoms with van der Waals surface area (Å²) in [5.41, 5.74) is 2.73. The summed E-state index contributed by atoms with van der Waals surface area (Å²) in [6, 6.07) is 18.3. The summed E-state index contributed by atoms with van der Waals surface area (Å²) in [4.78, 5) is 0. The van der Waals surface area contributed by atoms with Crippen LogP contribution in [0.4, 0.5) is 0 Å². The summed E-state index contributed by atoms with van der Waals surface area (Å²) in [5, 5.41) is 12.7. The van der Waals surface area contributed by atoms with Crippen molar-refractivity contribution in [1.82, 2.24) is 0 Å². The van der Waals surface area contributed by atoms with Crippen LogP contribution >= 0.6 is 7.92 Å². The van der Waals surface area contributed by atoms with E-state index in [1.54, 1.807) is 6.07 Å². The lowest BCUT2D eigenvalue weighted by Gasteiger charge is -2.36. The highest BCUT2D eigenvalue weighted by molar-refractivity contribution is 7.75. The van der Waals surface area contributed by atoms with Crippen molar-refractivity contribution in [2.75, 3.05) is 0 Å². The lowest BCUT2D eigenvalue weighted by Crippen LogP contribution is -2.30. The normalized spacial score (nSPS) is 22.1. The molecule has 0 aliphatic heterocycles. The number of rotatable bonds is 3. The summed E-state index contributed by atoms with van der Waals surface area (Å²) >= 11 is 0. The van der Waals surface area contributed by atoms with Gasteiger partial charge in [-0.3, -0.25) is 0 Å². The highest BCUT2D eigenvalue weighted by atomic mass is 31.1. The molecule has 1 nitrogen and oxygen atoms in total. The van der Waals surface area contributed by atoms with E-state index in [4.69, 9.17) is 0 Å². The molecule has 2 unspecified atom stereocenters. The van der Waals surface area contributed by atoms with Gasteiger partial charge in [0.1, 0.15) is 5.75 Å². The van der Waals surface area contributed by atoms with Gasteiger partial charge in [-0.05, 0) is 40.1 Å². The molecule has 0 heterocycles. The fourth-order valence-corrected chi connectivity index (χ4v) is 6.13. The van der Waals surface area contributed by atoms with Crippen molar-refractivity contribution in [3.05, 3.63) is 77.9 Å². The Morgan fingerprint density at radius 2 is 1.55 bits per heavy atom. The average Bonchev–Trinajstić information content (AvgIpc) is 2.79. The van der Waals surface area contributed by atoms with Crippen LogP contribution < -0.4 is 10.6 Å². The summed E-state index contributed by atoms with van der Waals surface area (Å²) in [6.07, 6.45) is 4.52. The van der Waals surface area contributed by atoms with Gasteiger partial charge >= 0.3 is 0 Å². The van der Waals surface area contributed by atoms with Crippen molar-refractivity contribution >= 4 is 18.5 Å². The smallest absolute Gasteiger partial charge is 0.123 e. The minimum atomic E-state index is -0.716. The van der Waals surface area contributed by atoms with Crippen LogP contribution in [0.15, 0.2) is 77.9 Å². The average molecular weight is 308 g/mol. The molecule has 0 amide bonds. The van der Waals surface area contributed by atoms with E-state index in [-0.39, 0.29) is 5.16 Å². The van der Waals surface area contributed by atoms with Gasteiger partial charge < -0.3 is 5.11 Å². The monoisotopic (exact) mass is 308 g/mol. The Labute approximate surface area is 133 Å². The predicted molar refractivity (Wildman–Crippen MR) is 96.7 cm³/mol. The van der Waals surface area contributed by atoms with E-state index in [2.05, 4.69) is 63.3 Å². The van der Waals surface area contributed by atoms with Crippen LogP contribution in [0.5, 0.6) is 5.75 Å². The van der Waals surface area contributed by atoms with Gasteiger partial charge in [0.15, 0.2) is 0 Å². The molecule has 0 spiro atoms. The van der Waals surface area contributed by atoms with Crippen molar-refractivity contribution in [3.8, 4) is 5.75 Å². The largest absolute Gasteiger partial charge is 0.507 e. The number of benzene rings is 2. The van der Waals surface area contributed by atoms with Gasteiger partial charge in [-0.15, -0.1) is 0 Å². The lowest BCUT2D eigenvalue weighted by atomic mass is 10.0. The van der Waals surface area contributed by atoms with Gasteiger partial charge in [-0.2, -0.15) is 0 Å². The van der Waals surface area contributed by atoms with Crippen molar-refractivity contribution in [2.24, 2.45) is 0 Å². The molecule has 1 aliphatic carbocycles. The number of phenols is 1. The van der Waals surface area contributed by atoms with E-state index >= 15 is 0 Å². The molecule has 0 saturated carbocycles. The number of aromatic hydroxyl groups is 1. The van der Waals surface area contributed by atoms with Crippen molar-refractivity contribution in [1.29, 1.82) is 0 Å². The molecule has 22 heavy (non-hydrogen) atoms. The first kappa shape index (κ1) is 15.1. The zero-order valence-corrected chi connectivity index (χ0v) is 14.1. The van der Waals surface area contributed by atoms with Crippen LogP contribution in [0.3, 0.4) is 0 Å². The highest BCUT2D eigenvalue weighted by Gasteiger charge is 2.39. The van der Waals surface area contributed by atoms with E-state index in [9.17, 15) is 5.11 Å². The third kappa shape index (κ3) is 2.40. The topological polar surface area (TPSA) is 20.2 Å². The second-order valence-corrected chi connectivity index (χ2v) is 8.55. The minimum absolute atomic E-state index is 0.0559. The Bertz CT molecular complexity index is 745. The number of hydrogen-bond donors (Lipinski definition) is 1. The van der Waals surface area contributed by atoms with Crippen LogP contribution in [0, 0.1) is 0 Å². The third-order valence-electron chi connectivity index (χ3n) is 4.61. The highest BCUT2D eigenvalue weighted by Crippen LogP contribution is 2.56. The van der Waals surface area contributed by atoms with Crippen LogP contribution in [-0.4, -0.2) is 10.3 Å². The molecule has 3 rings (SSSR count). The van der Waals surface area contributed by atoms with Crippen molar-refractivity contribution in [3.63, 3.8) is 0 Å². The first-order chi connectivity index (χ1) is 10.5. The maximum Gasteiger partial charge on any atom is 0.123 e. The number of hydrogen-bond acceptors (Lipinski definition) is 1. The van der Waals surface area contributed by atoms with Crippen LogP contribution in [0.1, 0.15) is 20.8 Å². The van der Waals surface area contributed by atoms with Crippen LogP contribution in [0.2, 0.25) is 0 Å². The van der Waals surface area contributed by atoms with Crippen LogP contribution in [0.25, 0.3) is 0 Å². The Hall–Kier alpha value is -1.85. The molecule has 2 aromatic rings. The molecule has 0 bridgehead atoms. The van der Waals surface area contributed by atoms with E-state index in [1.165, 1.54) is 16.5 Å². The van der Waals surface area contributed by atoms with E-state index in [0.717, 1.165) is 5.30 Å². The molecule has 0 aromatic heterocycles. The molecule has 112 valence electrons. The Morgan fingerprint density at radius 3 is 2.14 bits per heavy atom. The zero-order valence-electron chi connectivity index (χ0n) is 13.2. The molecule has 2 aromatic carbocycles. The summed E-state index contributed by atoms with van der Waals surface area (Å²) in [7, 11) is -0.716. The Balaban J connectivity index is 2.22. The van der Waals surface area contributed by atoms with Gasteiger partial charge in [0, 0.05) is 10.5 Å². The fourth-order valence-electron chi connectivity index (χ4n) is 3.07. The maximum atomic E-state index is 10.4. The van der Waals surface area contributed by atoms with E-state index < -0.39 is 7.92 Å². The van der Waals surface area contributed by atoms with Gasteiger partial charge in [-0.1, -0.05) is 71.8 Å². The molecule has 0 radical (unpaired) electrons. The molecule has 1 N–H and O–H groups in total. The minimum Gasteiger partial charge on any atom is -0.507 e. The van der Waals surface area contributed by atoms with E-state index in [1.807, 2.05) is 18.2 Å². The third-order valence-corrected chi connectivity index (χ3v) is 7.70. The first-order valence-electron chi connectivity index (χ1n) is 7.54. The number of allylic oxidation sites excluding steroid dienone is 4. The Kier molecular flexibility index (Phi) is 3.93. The molecular weight excluding hydrogens is 287 g/mol. The van der Waals surface area contributed by atoms with Crippen LogP contribution in [-0.2, 0) is 0 Å². The molecule has 2 atom stereocenters. The first-order valence-corrected chi connectivity index (χ1v) is 8.88. The summed E-state index contributed by atoms with van der Waals surface area (Å²) in [6.45, 7) is 6.68.